The van der Waals surface area contributed by atoms with Crippen LogP contribution in [-0.4, -0.2) is 24.6 Å². The molecule has 3 rings (SSSR count). The average molecular weight is 287 g/mol. The maximum Gasteiger partial charge on any atom is 0.297 e. The van der Waals surface area contributed by atoms with Crippen LogP contribution in [0.3, 0.4) is 0 Å². The van der Waals surface area contributed by atoms with Crippen LogP contribution in [0.5, 0.6) is 0 Å². The van der Waals surface area contributed by atoms with Gasteiger partial charge in [0.25, 0.3) is 6.02 Å². The number of ether oxygens (including phenoxy) is 1. The Balaban J connectivity index is 1.93. The topological polar surface area (TPSA) is 24.8 Å². The first kappa shape index (κ1) is 13.0. The number of rotatable bonds is 3. The zero-order valence-corrected chi connectivity index (χ0v) is 11.7. The standard InChI is InChI=1S/C16H15ClN2O/c17-11-15-12-19(14-9-5-2-6-10-14)16(20-15)18-13-7-3-1-4-8-13/h1-10,15H,11-12H2. The normalized spacial score (nSPS) is 20.1. The van der Waals surface area contributed by atoms with Crippen molar-refractivity contribution in [3.05, 3.63) is 60.7 Å². The minimum Gasteiger partial charge on any atom is -0.458 e. The summed E-state index contributed by atoms with van der Waals surface area (Å²) in [6.45, 7) is 0.721. The van der Waals surface area contributed by atoms with Gasteiger partial charge in [-0.2, -0.15) is 4.99 Å². The lowest BCUT2D eigenvalue weighted by atomic mass is 10.3. The molecule has 0 radical (unpaired) electrons. The van der Waals surface area contributed by atoms with Gasteiger partial charge in [-0.25, -0.2) is 0 Å². The molecular weight excluding hydrogens is 272 g/mol. The number of alkyl halides is 1. The van der Waals surface area contributed by atoms with E-state index in [1.807, 2.05) is 60.7 Å². The number of hydrogen-bond acceptors (Lipinski definition) is 2. The molecule has 0 spiro atoms. The van der Waals surface area contributed by atoms with E-state index >= 15 is 0 Å². The summed E-state index contributed by atoms with van der Waals surface area (Å²) in [4.78, 5) is 6.63. The lowest BCUT2D eigenvalue weighted by molar-refractivity contribution is 0.255. The Bertz CT molecular complexity index is 586. The van der Waals surface area contributed by atoms with Crippen LogP contribution in [0.4, 0.5) is 11.4 Å². The van der Waals surface area contributed by atoms with Crippen LogP contribution in [-0.2, 0) is 4.74 Å². The van der Waals surface area contributed by atoms with E-state index in [-0.39, 0.29) is 6.10 Å². The monoisotopic (exact) mass is 286 g/mol. The Kier molecular flexibility index (Phi) is 3.88. The predicted molar refractivity (Wildman–Crippen MR) is 82.9 cm³/mol. The molecule has 2 aromatic carbocycles. The van der Waals surface area contributed by atoms with Crippen molar-refractivity contribution in [1.82, 2.24) is 0 Å². The third kappa shape index (κ3) is 2.78. The molecule has 1 unspecified atom stereocenters. The average Bonchev–Trinajstić information content (AvgIpc) is 2.92. The number of benzene rings is 2. The summed E-state index contributed by atoms with van der Waals surface area (Å²) in [6.07, 6.45) is -0.0284. The van der Waals surface area contributed by atoms with Gasteiger partial charge in [0.1, 0.15) is 6.10 Å². The molecule has 0 aromatic heterocycles. The fraction of sp³-hybridized carbons (Fsp3) is 0.188. The highest BCUT2D eigenvalue weighted by Gasteiger charge is 2.30. The summed E-state index contributed by atoms with van der Waals surface area (Å²) in [7, 11) is 0. The van der Waals surface area contributed by atoms with Gasteiger partial charge in [-0.1, -0.05) is 36.4 Å². The molecule has 1 aliphatic rings. The molecular formula is C16H15ClN2O. The molecule has 0 amide bonds. The Morgan fingerprint density at radius 1 is 1.05 bits per heavy atom. The highest BCUT2D eigenvalue weighted by atomic mass is 35.5. The van der Waals surface area contributed by atoms with Crippen molar-refractivity contribution in [2.24, 2.45) is 4.99 Å². The highest BCUT2D eigenvalue weighted by Crippen LogP contribution is 2.24. The van der Waals surface area contributed by atoms with E-state index in [9.17, 15) is 0 Å². The van der Waals surface area contributed by atoms with Crippen LogP contribution in [0.1, 0.15) is 0 Å². The lowest BCUT2D eigenvalue weighted by Crippen LogP contribution is -2.25. The van der Waals surface area contributed by atoms with E-state index in [2.05, 4.69) is 9.89 Å². The van der Waals surface area contributed by atoms with Crippen LogP contribution in [0.15, 0.2) is 65.7 Å². The van der Waals surface area contributed by atoms with Gasteiger partial charge in [0.15, 0.2) is 0 Å². The maximum atomic E-state index is 5.92. The maximum absolute atomic E-state index is 5.92. The van der Waals surface area contributed by atoms with Crippen molar-refractivity contribution in [3.8, 4) is 0 Å². The minimum absolute atomic E-state index is 0.0284. The largest absolute Gasteiger partial charge is 0.458 e. The zero-order valence-electron chi connectivity index (χ0n) is 10.9. The predicted octanol–water partition coefficient (Wildman–Crippen LogP) is 3.82. The van der Waals surface area contributed by atoms with E-state index in [0.29, 0.717) is 11.9 Å². The molecule has 0 bridgehead atoms. The van der Waals surface area contributed by atoms with E-state index in [1.54, 1.807) is 0 Å². The Labute approximate surface area is 123 Å². The van der Waals surface area contributed by atoms with Gasteiger partial charge in [-0.15, -0.1) is 11.6 Å². The molecule has 3 nitrogen and oxygen atoms in total. The van der Waals surface area contributed by atoms with Crippen molar-refractivity contribution >= 4 is 29.0 Å². The second-order valence-corrected chi connectivity index (χ2v) is 4.88. The van der Waals surface area contributed by atoms with Crippen molar-refractivity contribution in [2.45, 2.75) is 6.10 Å². The fourth-order valence-corrected chi connectivity index (χ4v) is 2.30. The molecule has 0 aliphatic carbocycles. The van der Waals surface area contributed by atoms with Crippen LogP contribution in [0.25, 0.3) is 0 Å². The zero-order chi connectivity index (χ0) is 13.8. The molecule has 20 heavy (non-hydrogen) atoms. The number of nitrogens with zero attached hydrogens (tertiary/aromatic N) is 2. The molecule has 0 N–H and O–H groups in total. The number of aliphatic imine (C=N–C) groups is 1. The summed E-state index contributed by atoms with van der Waals surface area (Å²) < 4.78 is 5.83. The van der Waals surface area contributed by atoms with Gasteiger partial charge < -0.3 is 4.74 Å². The number of anilines is 1. The molecule has 1 fully saturated rings. The van der Waals surface area contributed by atoms with Crippen molar-refractivity contribution in [3.63, 3.8) is 0 Å². The highest BCUT2D eigenvalue weighted by molar-refractivity contribution is 6.18. The number of amidine groups is 1. The minimum atomic E-state index is -0.0284. The molecule has 1 heterocycles. The molecule has 1 aliphatic heterocycles. The first-order chi connectivity index (χ1) is 9.86. The van der Waals surface area contributed by atoms with Crippen LogP contribution < -0.4 is 4.90 Å². The van der Waals surface area contributed by atoms with Crippen molar-refractivity contribution in [2.75, 3.05) is 17.3 Å². The van der Waals surface area contributed by atoms with Gasteiger partial charge in [0, 0.05) is 5.69 Å². The Morgan fingerprint density at radius 3 is 2.35 bits per heavy atom. The summed E-state index contributed by atoms with van der Waals surface area (Å²) >= 11 is 5.92. The van der Waals surface area contributed by atoms with Crippen LogP contribution in [0.2, 0.25) is 0 Å². The lowest BCUT2D eigenvalue weighted by Gasteiger charge is -2.15. The van der Waals surface area contributed by atoms with Gasteiger partial charge in [0.05, 0.1) is 18.1 Å². The molecule has 1 atom stereocenters. The molecule has 102 valence electrons. The Morgan fingerprint density at radius 2 is 1.70 bits per heavy atom. The summed E-state index contributed by atoms with van der Waals surface area (Å²) in [5, 5.41) is 0. The first-order valence-corrected chi connectivity index (χ1v) is 7.09. The second-order valence-electron chi connectivity index (χ2n) is 4.57. The second kappa shape index (κ2) is 5.97. The van der Waals surface area contributed by atoms with Gasteiger partial charge in [0.2, 0.25) is 0 Å². The number of hydrogen-bond donors (Lipinski definition) is 0. The van der Waals surface area contributed by atoms with Crippen molar-refractivity contribution in [1.29, 1.82) is 0 Å². The summed E-state index contributed by atoms with van der Waals surface area (Å²) in [6, 6.07) is 20.5. The van der Waals surface area contributed by atoms with Crippen LogP contribution in [0, 0.1) is 0 Å². The van der Waals surface area contributed by atoms with Gasteiger partial charge >= 0.3 is 0 Å². The SMILES string of the molecule is ClCC1CN(c2ccccc2)C(=Nc2ccccc2)O1. The quantitative estimate of drug-likeness (QED) is 0.801. The first-order valence-electron chi connectivity index (χ1n) is 6.56. The van der Waals surface area contributed by atoms with Crippen LogP contribution >= 0.6 is 11.6 Å². The number of para-hydroxylation sites is 2. The Hall–Kier alpha value is -2.00. The van der Waals surface area contributed by atoms with E-state index in [1.165, 1.54) is 0 Å². The molecule has 0 saturated carbocycles. The van der Waals surface area contributed by atoms with Crippen molar-refractivity contribution < 1.29 is 4.74 Å². The fourth-order valence-electron chi connectivity index (χ4n) is 2.14. The van der Waals surface area contributed by atoms with E-state index in [4.69, 9.17) is 16.3 Å². The van der Waals surface area contributed by atoms with Gasteiger partial charge in [-0.05, 0) is 24.3 Å². The van der Waals surface area contributed by atoms with Gasteiger partial charge in [-0.3, -0.25) is 4.90 Å². The molecule has 2 aromatic rings. The molecule has 1 saturated heterocycles. The third-order valence-electron chi connectivity index (χ3n) is 3.11. The molecule has 4 heteroatoms. The number of halogens is 1. The smallest absolute Gasteiger partial charge is 0.297 e. The summed E-state index contributed by atoms with van der Waals surface area (Å²) in [5.74, 6) is 0.455. The van der Waals surface area contributed by atoms with E-state index in [0.717, 1.165) is 17.9 Å². The van der Waals surface area contributed by atoms with E-state index < -0.39 is 0 Å². The summed E-state index contributed by atoms with van der Waals surface area (Å²) in [5.41, 5.74) is 1.94. The third-order valence-corrected chi connectivity index (χ3v) is 3.45.